The maximum Gasteiger partial charge on any atom is 0.341 e. The molecule has 0 saturated carbocycles. The minimum Gasteiger partial charge on any atom is -0.462 e. The van der Waals surface area contributed by atoms with E-state index in [0.717, 1.165) is 58.7 Å². The van der Waals surface area contributed by atoms with Crippen molar-refractivity contribution in [3.8, 4) is 0 Å². The predicted molar refractivity (Wildman–Crippen MR) is 143 cm³/mol. The van der Waals surface area contributed by atoms with Crippen LogP contribution >= 0.6 is 22.9 Å². The molecule has 2 aromatic heterocycles. The molecule has 1 aliphatic carbocycles. The van der Waals surface area contributed by atoms with Crippen molar-refractivity contribution in [2.45, 2.75) is 39.0 Å². The van der Waals surface area contributed by atoms with Crippen LogP contribution in [0.25, 0.3) is 11.0 Å². The van der Waals surface area contributed by atoms with Crippen LogP contribution in [0.2, 0.25) is 5.02 Å². The van der Waals surface area contributed by atoms with E-state index in [4.69, 9.17) is 26.3 Å². The normalized spacial score (nSPS) is 12.9. The lowest BCUT2D eigenvalue weighted by Gasteiger charge is -2.14. The fraction of sp³-hybridized carbons (Fsp3) is 0.296. The molecular weight excluding hydrogens is 480 g/mol. The molecule has 0 aliphatic heterocycles. The lowest BCUT2D eigenvalue weighted by molar-refractivity contribution is 0.0526. The minimum absolute atomic E-state index is 0.277. The second-order valence-corrected chi connectivity index (χ2v) is 10.0. The molecule has 0 amide bonds. The van der Waals surface area contributed by atoms with E-state index >= 15 is 0 Å². The molecule has 0 atom stereocenters. The van der Waals surface area contributed by atoms with Crippen molar-refractivity contribution in [3.63, 3.8) is 0 Å². The number of carbonyl (C=O) groups excluding carboxylic acids is 1. The first kappa shape index (κ1) is 23.6. The fourth-order valence-electron chi connectivity index (χ4n) is 4.37. The van der Waals surface area contributed by atoms with Gasteiger partial charge in [0, 0.05) is 16.4 Å². The number of nitrogens with zero attached hydrogens (tertiary/aromatic N) is 2. The molecule has 2 aromatic carbocycles. The zero-order valence-electron chi connectivity index (χ0n) is 19.6. The van der Waals surface area contributed by atoms with E-state index in [2.05, 4.69) is 10.6 Å². The van der Waals surface area contributed by atoms with Crippen LogP contribution in [0.3, 0.4) is 0 Å². The Morgan fingerprint density at radius 2 is 1.74 bits per heavy atom. The molecule has 4 aromatic rings. The lowest BCUT2D eigenvalue weighted by Crippen LogP contribution is -2.12. The third-order valence-corrected chi connectivity index (χ3v) is 7.53. The van der Waals surface area contributed by atoms with Crippen LogP contribution in [0.15, 0.2) is 48.5 Å². The summed E-state index contributed by atoms with van der Waals surface area (Å²) < 4.78 is 5.42. The minimum atomic E-state index is -0.277. The van der Waals surface area contributed by atoms with Crippen LogP contribution in [0.4, 0.5) is 16.6 Å². The lowest BCUT2D eigenvalue weighted by atomic mass is 9.95. The van der Waals surface area contributed by atoms with Crippen molar-refractivity contribution in [2.75, 3.05) is 23.8 Å². The Labute approximate surface area is 213 Å². The number of para-hydroxylation sites is 2. The maximum absolute atomic E-state index is 12.9. The summed E-state index contributed by atoms with van der Waals surface area (Å²) in [5.41, 5.74) is 4.54. The number of thiophene rings is 1. The van der Waals surface area contributed by atoms with Gasteiger partial charge in [-0.25, -0.2) is 14.8 Å². The molecule has 35 heavy (non-hydrogen) atoms. The number of esters is 1. The maximum atomic E-state index is 12.9. The van der Waals surface area contributed by atoms with E-state index in [9.17, 15) is 4.79 Å². The molecule has 0 fully saturated rings. The first-order chi connectivity index (χ1) is 17.1. The third-order valence-electron chi connectivity index (χ3n) is 6.07. The number of hydrogen-bond acceptors (Lipinski definition) is 7. The van der Waals surface area contributed by atoms with Gasteiger partial charge in [0.05, 0.1) is 23.2 Å². The smallest absolute Gasteiger partial charge is 0.341 e. The molecule has 0 bridgehead atoms. The number of rotatable bonds is 8. The Morgan fingerprint density at radius 1 is 1.03 bits per heavy atom. The number of aryl methyl sites for hydroxylation is 1. The molecule has 2 N–H and O–H groups in total. The molecule has 6 nitrogen and oxygen atoms in total. The number of fused-ring (bicyclic) bond motifs is 2. The summed E-state index contributed by atoms with van der Waals surface area (Å²) >= 11 is 7.64. The average molecular weight is 507 g/mol. The molecule has 5 rings (SSSR count). The Morgan fingerprint density at radius 3 is 2.49 bits per heavy atom. The molecule has 0 spiro atoms. The largest absolute Gasteiger partial charge is 0.462 e. The monoisotopic (exact) mass is 506 g/mol. The van der Waals surface area contributed by atoms with Crippen molar-refractivity contribution in [3.05, 3.63) is 75.1 Å². The van der Waals surface area contributed by atoms with Gasteiger partial charge in [0.15, 0.2) is 11.6 Å². The third kappa shape index (κ3) is 5.26. The van der Waals surface area contributed by atoms with Gasteiger partial charge in [-0.2, -0.15) is 0 Å². The van der Waals surface area contributed by atoms with E-state index in [0.29, 0.717) is 30.4 Å². The molecule has 1 aliphatic rings. The van der Waals surface area contributed by atoms with Crippen molar-refractivity contribution < 1.29 is 9.53 Å². The van der Waals surface area contributed by atoms with E-state index < -0.39 is 0 Å². The second kappa shape index (κ2) is 10.6. The molecule has 180 valence electrons. The number of anilines is 3. The molecule has 8 heteroatoms. The highest BCUT2D eigenvalue weighted by Gasteiger charge is 2.27. The van der Waals surface area contributed by atoms with Gasteiger partial charge in [0.1, 0.15) is 5.00 Å². The van der Waals surface area contributed by atoms with Gasteiger partial charge in [0.25, 0.3) is 0 Å². The fourth-order valence-corrected chi connectivity index (χ4v) is 5.77. The van der Waals surface area contributed by atoms with Gasteiger partial charge in [-0.3, -0.25) is 0 Å². The highest BCUT2D eigenvalue weighted by Crippen LogP contribution is 2.40. The number of halogens is 1. The van der Waals surface area contributed by atoms with Crippen LogP contribution in [0.5, 0.6) is 0 Å². The van der Waals surface area contributed by atoms with Crippen LogP contribution in [-0.2, 0) is 24.0 Å². The number of hydrogen-bond donors (Lipinski definition) is 2. The zero-order valence-corrected chi connectivity index (χ0v) is 21.1. The second-order valence-electron chi connectivity index (χ2n) is 8.47. The van der Waals surface area contributed by atoms with Crippen LogP contribution in [-0.4, -0.2) is 29.1 Å². The number of nitrogens with one attached hydrogen (secondary N) is 2. The highest BCUT2D eigenvalue weighted by atomic mass is 35.5. The Hall–Kier alpha value is -3.16. The van der Waals surface area contributed by atoms with E-state index in [1.807, 2.05) is 55.5 Å². The summed E-state index contributed by atoms with van der Waals surface area (Å²) in [7, 11) is 0. The van der Waals surface area contributed by atoms with Crippen molar-refractivity contribution in [2.24, 2.45) is 0 Å². The molecule has 0 saturated heterocycles. The quantitative estimate of drug-likeness (QED) is 0.256. The number of benzene rings is 2. The van der Waals surface area contributed by atoms with E-state index in [1.165, 1.54) is 10.4 Å². The molecular formula is C27H27ClN4O2S. The number of ether oxygens (including phenoxy) is 1. The van der Waals surface area contributed by atoms with Gasteiger partial charge in [-0.15, -0.1) is 11.3 Å². The first-order valence-electron chi connectivity index (χ1n) is 12.0. The van der Waals surface area contributed by atoms with Gasteiger partial charge in [0.2, 0.25) is 0 Å². The van der Waals surface area contributed by atoms with Gasteiger partial charge in [-0.1, -0.05) is 35.9 Å². The summed E-state index contributed by atoms with van der Waals surface area (Å²) in [5.74, 6) is 0.975. The van der Waals surface area contributed by atoms with Crippen molar-refractivity contribution >= 4 is 56.6 Å². The predicted octanol–water partition coefficient (Wildman–Crippen LogP) is 6.80. The van der Waals surface area contributed by atoms with Crippen molar-refractivity contribution in [1.82, 2.24) is 9.97 Å². The van der Waals surface area contributed by atoms with Gasteiger partial charge in [-0.05, 0) is 74.4 Å². The standard InChI is InChI=1S/C27H27ClN4O2S/c1-2-34-27(33)23-19-7-3-6-10-22(19)35-26(23)32-25-24(30-20-8-4-5-9-21(20)31-25)29-16-15-17-11-13-18(28)14-12-17/h4-5,8-9,11-14H,2-3,6-7,10,15-16H2,1H3,(H,29,30)(H,31,32). The van der Waals surface area contributed by atoms with Crippen molar-refractivity contribution in [1.29, 1.82) is 0 Å². The van der Waals surface area contributed by atoms with Crippen LogP contribution in [0.1, 0.15) is 46.1 Å². The van der Waals surface area contributed by atoms with Crippen LogP contribution < -0.4 is 10.6 Å². The zero-order chi connectivity index (χ0) is 24.2. The van der Waals surface area contributed by atoms with E-state index in [1.54, 1.807) is 11.3 Å². The SMILES string of the molecule is CCOC(=O)c1c(Nc2nc3ccccc3nc2NCCc2ccc(Cl)cc2)sc2c1CCCC2. The van der Waals surface area contributed by atoms with Crippen LogP contribution in [0, 0.1) is 0 Å². The summed E-state index contributed by atoms with van der Waals surface area (Å²) in [4.78, 5) is 23.9. The van der Waals surface area contributed by atoms with Gasteiger partial charge < -0.3 is 15.4 Å². The number of aromatic nitrogens is 2. The molecule has 0 radical (unpaired) electrons. The summed E-state index contributed by atoms with van der Waals surface area (Å²) in [5, 5.41) is 8.40. The summed E-state index contributed by atoms with van der Waals surface area (Å²) in [6.07, 6.45) is 4.93. The van der Waals surface area contributed by atoms with Gasteiger partial charge >= 0.3 is 5.97 Å². The summed E-state index contributed by atoms with van der Waals surface area (Å²) in [6.45, 7) is 2.85. The Balaban J connectivity index is 1.47. The first-order valence-corrected chi connectivity index (χ1v) is 13.2. The molecule has 2 heterocycles. The summed E-state index contributed by atoms with van der Waals surface area (Å²) in [6, 6.07) is 15.6. The van der Waals surface area contributed by atoms with E-state index in [-0.39, 0.29) is 5.97 Å². The molecule has 0 unspecified atom stereocenters. The average Bonchev–Trinajstić information content (AvgIpc) is 3.23. The number of carbonyl (C=O) groups is 1. The Bertz CT molecular complexity index is 1350. The highest BCUT2D eigenvalue weighted by molar-refractivity contribution is 7.16. The Kier molecular flexibility index (Phi) is 7.16. The topological polar surface area (TPSA) is 76.1 Å².